The van der Waals surface area contributed by atoms with Crippen LogP contribution in [0, 0.1) is 12.7 Å². The van der Waals surface area contributed by atoms with E-state index in [-0.39, 0.29) is 11.6 Å². The number of para-hydroxylation sites is 1. The molecule has 5 nitrogen and oxygen atoms in total. The number of nitrogens with one attached hydrogen (secondary N) is 2. The van der Waals surface area contributed by atoms with Gasteiger partial charge in [0.15, 0.2) is 0 Å². The van der Waals surface area contributed by atoms with E-state index in [1.54, 1.807) is 19.1 Å². The van der Waals surface area contributed by atoms with Crippen molar-refractivity contribution in [2.45, 2.75) is 26.2 Å². The summed E-state index contributed by atoms with van der Waals surface area (Å²) in [5.74, 6) is -1.24. The van der Waals surface area contributed by atoms with E-state index >= 15 is 0 Å². The molecule has 6 heteroatoms. The Balaban J connectivity index is 1.99. The number of H-pyrrole nitrogens is 1. The number of hydrogen-bond donors (Lipinski definition) is 3. The Morgan fingerprint density at radius 3 is 2.83 bits per heavy atom. The van der Waals surface area contributed by atoms with Gasteiger partial charge in [0.1, 0.15) is 5.82 Å². The molecular formula is C18H16FN3O2. The highest BCUT2D eigenvalue weighted by molar-refractivity contribution is 6.37. The fourth-order valence-corrected chi connectivity index (χ4v) is 3.79. The number of allylic oxidation sites excluding steroid dienone is 1. The lowest BCUT2D eigenvalue weighted by Crippen LogP contribution is -2.15. The zero-order valence-corrected chi connectivity index (χ0v) is 13.1. The molecule has 0 radical (unpaired) electrons. The topological polar surface area (TPSA) is 88.0 Å². The Labute approximate surface area is 137 Å². The molecule has 2 aromatic rings. The molecule has 0 saturated heterocycles. The normalized spacial score (nSPS) is 19.0. The van der Waals surface area contributed by atoms with Gasteiger partial charge >= 0.3 is 0 Å². The minimum atomic E-state index is -0.474. The summed E-state index contributed by atoms with van der Waals surface area (Å²) in [4.78, 5) is 27.4. The minimum Gasteiger partial charge on any atom is -0.366 e. The number of carbonyl (C=O) groups is 2. The Morgan fingerprint density at radius 2 is 2.08 bits per heavy atom. The Bertz CT molecular complexity index is 940. The Hall–Kier alpha value is -2.89. The number of fused-ring (bicyclic) bond motifs is 2. The number of hydrogen-bond acceptors (Lipinski definition) is 2. The smallest absolute Gasteiger partial charge is 0.256 e. The van der Waals surface area contributed by atoms with Crippen LogP contribution >= 0.6 is 0 Å². The third-order valence-electron chi connectivity index (χ3n) is 4.74. The van der Waals surface area contributed by atoms with Gasteiger partial charge in [-0.1, -0.05) is 12.1 Å². The summed E-state index contributed by atoms with van der Waals surface area (Å²) in [7, 11) is 0. The van der Waals surface area contributed by atoms with Gasteiger partial charge in [0.05, 0.1) is 16.8 Å². The van der Waals surface area contributed by atoms with E-state index in [0.29, 0.717) is 28.8 Å². The summed E-state index contributed by atoms with van der Waals surface area (Å²) in [6, 6.07) is 4.65. The van der Waals surface area contributed by atoms with Crippen LogP contribution in [-0.2, 0) is 11.2 Å². The number of carbonyl (C=O) groups excluding carboxylic acids is 2. The van der Waals surface area contributed by atoms with Crippen LogP contribution < -0.4 is 11.1 Å². The first-order valence-electron chi connectivity index (χ1n) is 7.84. The number of aryl methyl sites for hydroxylation is 1. The highest BCUT2D eigenvalue weighted by atomic mass is 19.1. The van der Waals surface area contributed by atoms with Crippen molar-refractivity contribution in [1.29, 1.82) is 0 Å². The van der Waals surface area contributed by atoms with Gasteiger partial charge < -0.3 is 16.0 Å². The fraction of sp³-hybridized carbons (Fsp3) is 0.222. The number of nitrogens with two attached hydrogens (primary N) is 1. The maximum Gasteiger partial charge on any atom is 0.256 e. The molecule has 0 spiro atoms. The Morgan fingerprint density at radius 1 is 1.29 bits per heavy atom. The van der Waals surface area contributed by atoms with Crippen molar-refractivity contribution in [2.75, 3.05) is 5.32 Å². The molecule has 4 N–H and O–H groups in total. The molecule has 1 aliphatic heterocycles. The highest BCUT2D eigenvalue weighted by Crippen LogP contribution is 2.43. The maximum absolute atomic E-state index is 14.0. The zero-order chi connectivity index (χ0) is 17.0. The first kappa shape index (κ1) is 14.7. The number of rotatable bonds is 1. The molecule has 0 saturated carbocycles. The number of halogens is 1. The van der Waals surface area contributed by atoms with Crippen molar-refractivity contribution >= 4 is 28.6 Å². The van der Waals surface area contributed by atoms with Crippen molar-refractivity contribution < 1.29 is 14.0 Å². The second-order valence-corrected chi connectivity index (χ2v) is 6.17. The van der Waals surface area contributed by atoms with E-state index in [0.717, 1.165) is 29.7 Å². The first-order valence-corrected chi connectivity index (χ1v) is 7.84. The summed E-state index contributed by atoms with van der Waals surface area (Å²) in [6.45, 7) is 1.79. The largest absolute Gasteiger partial charge is 0.366 e. The van der Waals surface area contributed by atoms with Crippen molar-refractivity contribution in [2.24, 2.45) is 5.73 Å². The number of benzene rings is 1. The van der Waals surface area contributed by atoms with Gasteiger partial charge in [-0.25, -0.2) is 4.39 Å². The molecule has 0 unspecified atom stereocenters. The summed E-state index contributed by atoms with van der Waals surface area (Å²) >= 11 is 0. The van der Waals surface area contributed by atoms with Crippen LogP contribution in [0.4, 0.5) is 10.1 Å². The average Bonchev–Trinajstić information content (AvgIpc) is 3.04. The molecule has 2 heterocycles. The van der Waals surface area contributed by atoms with Gasteiger partial charge in [-0.05, 0) is 43.4 Å². The molecule has 0 atom stereocenters. The minimum absolute atomic E-state index is 0.218. The first-order chi connectivity index (χ1) is 11.5. The van der Waals surface area contributed by atoms with Crippen LogP contribution in [0.15, 0.2) is 18.2 Å². The van der Waals surface area contributed by atoms with Crippen LogP contribution in [0.25, 0.3) is 11.1 Å². The lowest BCUT2D eigenvalue weighted by Gasteiger charge is -2.18. The van der Waals surface area contributed by atoms with Crippen LogP contribution in [0.3, 0.4) is 0 Å². The van der Waals surface area contributed by atoms with Crippen LogP contribution in [0.2, 0.25) is 0 Å². The lowest BCUT2D eigenvalue weighted by molar-refractivity contribution is -0.110. The molecule has 0 fully saturated rings. The van der Waals surface area contributed by atoms with Gasteiger partial charge in [0, 0.05) is 17.0 Å². The third kappa shape index (κ3) is 1.92. The molecule has 1 aliphatic carbocycles. The predicted octanol–water partition coefficient (Wildman–Crippen LogP) is 2.76. The number of primary amides is 1. The van der Waals surface area contributed by atoms with Crippen molar-refractivity contribution in [3.63, 3.8) is 0 Å². The quantitative estimate of drug-likeness (QED) is 0.704. The van der Waals surface area contributed by atoms with E-state index in [1.807, 2.05) is 0 Å². The maximum atomic E-state index is 14.0. The number of anilines is 1. The van der Waals surface area contributed by atoms with Gasteiger partial charge in [0.2, 0.25) is 0 Å². The molecule has 24 heavy (non-hydrogen) atoms. The van der Waals surface area contributed by atoms with Crippen LogP contribution in [0.1, 0.15) is 45.7 Å². The highest BCUT2D eigenvalue weighted by Gasteiger charge is 2.33. The lowest BCUT2D eigenvalue weighted by atomic mass is 9.86. The van der Waals surface area contributed by atoms with E-state index in [4.69, 9.17) is 5.73 Å². The molecular weight excluding hydrogens is 309 g/mol. The second-order valence-electron chi connectivity index (χ2n) is 6.17. The van der Waals surface area contributed by atoms with Gasteiger partial charge in [-0.15, -0.1) is 0 Å². The summed E-state index contributed by atoms with van der Waals surface area (Å²) in [5.41, 5.74) is 10.4. The van der Waals surface area contributed by atoms with Crippen LogP contribution in [0.5, 0.6) is 0 Å². The predicted molar refractivity (Wildman–Crippen MR) is 88.8 cm³/mol. The van der Waals surface area contributed by atoms with E-state index in [1.165, 1.54) is 6.07 Å². The summed E-state index contributed by atoms with van der Waals surface area (Å²) in [5, 5.41) is 2.61. The van der Waals surface area contributed by atoms with Crippen molar-refractivity contribution in [3.8, 4) is 0 Å². The van der Waals surface area contributed by atoms with Gasteiger partial charge in [0.25, 0.3) is 11.8 Å². The number of aromatic amines is 1. The van der Waals surface area contributed by atoms with Crippen molar-refractivity contribution in [3.05, 3.63) is 52.1 Å². The SMILES string of the molecule is Cc1[nH]c2c(c1C(N)=O)CCC/C2=C1/C(=O)Nc2c(F)cccc21. The average molecular weight is 325 g/mol. The standard InChI is InChI=1S/C18H16FN3O2/c1-8-13(17(20)23)9-4-2-5-10(15(9)21-8)14-11-6-3-7-12(19)16(11)22-18(14)24/h3,6-7,21H,2,4-5H2,1H3,(H2,20,23)(H,22,24)/b14-10-. The zero-order valence-electron chi connectivity index (χ0n) is 13.1. The van der Waals surface area contributed by atoms with E-state index in [2.05, 4.69) is 10.3 Å². The van der Waals surface area contributed by atoms with Crippen LogP contribution in [-0.4, -0.2) is 16.8 Å². The molecule has 2 amide bonds. The molecule has 2 aliphatic rings. The van der Waals surface area contributed by atoms with Gasteiger partial charge in [-0.3, -0.25) is 9.59 Å². The van der Waals surface area contributed by atoms with E-state index in [9.17, 15) is 14.0 Å². The number of amides is 2. The molecule has 0 bridgehead atoms. The van der Waals surface area contributed by atoms with Crippen molar-refractivity contribution in [1.82, 2.24) is 4.98 Å². The monoisotopic (exact) mass is 325 g/mol. The van der Waals surface area contributed by atoms with Gasteiger partial charge in [-0.2, -0.15) is 0 Å². The molecule has 1 aromatic carbocycles. The summed E-state index contributed by atoms with van der Waals surface area (Å²) in [6.07, 6.45) is 2.22. The molecule has 4 rings (SSSR count). The fourth-order valence-electron chi connectivity index (χ4n) is 3.79. The molecule has 122 valence electrons. The molecule has 1 aromatic heterocycles. The third-order valence-corrected chi connectivity index (χ3v) is 4.74. The summed E-state index contributed by atoms with van der Waals surface area (Å²) < 4.78 is 14.0. The number of aromatic nitrogens is 1. The second kappa shape index (κ2) is 5.06. The Kier molecular flexibility index (Phi) is 3.09. The van der Waals surface area contributed by atoms with E-state index < -0.39 is 11.7 Å².